The van der Waals surface area contributed by atoms with Crippen LogP contribution < -0.4 is 0 Å². The molecule has 2 saturated heterocycles. The normalized spacial score (nSPS) is 23.4. The molecule has 1 atom stereocenters. The summed E-state index contributed by atoms with van der Waals surface area (Å²) in [5.41, 5.74) is 1.99. The first-order valence-electron chi connectivity index (χ1n) is 10.9. The number of likely N-dealkylation sites (tertiary alicyclic amines) is 1. The Labute approximate surface area is 170 Å². The van der Waals surface area contributed by atoms with Crippen LogP contribution in [0, 0.1) is 0 Å². The Morgan fingerprint density at radius 1 is 1.18 bits per heavy atom. The number of piperazine rings is 1. The molecular weight excluding hydrogens is 350 g/mol. The summed E-state index contributed by atoms with van der Waals surface area (Å²) in [6.07, 6.45) is 3.32. The van der Waals surface area contributed by atoms with Crippen LogP contribution in [-0.4, -0.2) is 83.0 Å². The molecule has 2 heterocycles. The van der Waals surface area contributed by atoms with Gasteiger partial charge in [-0.25, -0.2) is 0 Å². The van der Waals surface area contributed by atoms with E-state index >= 15 is 0 Å². The number of nitrogens with zero attached hydrogens (tertiary/aromatic N) is 3. The van der Waals surface area contributed by atoms with E-state index in [9.17, 15) is 9.90 Å². The third-order valence-corrected chi connectivity index (χ3v) is 6.51. The van der Waals surface area contributed by atoms with Gasteiger partial charge in [0.1, 0.15) is 0 Å². The molecule has 28 heavy (non-hydrogen) atoms. The Bertz CT molecular complexity index is 640. The summed E-state index contributed by atoms with van der Waals surface area (Å²) in [5, 5.41) is 9.63. The van der Waals surface area contributed by atoms with Crippen LogP contribution in [-0.2, 0) is 6.54 Å². The van der Waals surface area contributed by atoms with E-state index < -0.39 is 0 Å². The van der Waals surface area contributed by atoms with Gasteiger partial charge in [-0.1, -0.05) is 18.2 Å². The third kappa shape index (κ3) is 5.41. The van der Waals surface area contributed by atoms with Crippen molar-refractivity contribution in [2.24, 2.45) is 0 Å². The van der Waals surface area contributed by atoms with Crippen molar-refractivity contribution in [2.45, 2.75) is 64.7 Å². The molecule has 0 radical (unpaired) electrons. The maximum Gasteiger partial charge on any atom is 0.159 e. The highest BCUT2D eigenvalue weighted by atomic mass is 16.3. The molecular formula is C23H37N3O2. The molecule has 0 unspecified atom stereocenters. The molecule has 5 heteroatoms. The fourth-order valence-electron chi connectivity index (χ4n) is 4.84. The zero-order chi connectivity index (χ0) is 20.1. The monoisotopic (exact) mass is 387 g/mol. The minimum absolute atomic E-state index is 0.123. The molecule has 1 aromatic carbocycles. The largest absolute Gasteiger partial charge is 0.396 e. The van der Waals surface area contributed by atoms with Gasteiger partial charge in [0.2, 0.25) is 0 Å². The standard InChI is InChI=1S/C23H37N3O2/c1-18(2)25-10-7-22(8-11-25)26-13-12-24(17-23(26)9-14-27)16-20-5-4-6-21(15-20)19(3)28/h4-6,15,18,22-23,27H,7-14,16-17H2,1-3H3/t23-/m0/s1. The Morgan fingerprint density at radius 2 is 1.93 bits per heavy atom. The molecule has 0 spiro atoms. The molecule has 156 valence electrons. The average molecular weight is 388 g/mol. The van der Waals surface area contributed by atoms with Gasteiger partial charge in [0.05, 0.1) is 0 Å². The van der Waals surface area contributed by atoms with E-state index in [4.69, 9.17) is 0 Å². The van der Waals surface area contributed by atoms with E-state index in [1.54, 1.807) is 6.92 Å². The van der Waals surface area contributed by atoms with Gasteiger partial charge in [-0.15, -0.1) is 0 Å². The van der Waals surface area contributed by atoms with Crippen molar-refractivity contribution in [2.75, 3.05) is 39.3 Å². The lowest BCUT2D eigenvalue weighted by molar-refractivity contribution is -0.0000360. The van der Waals surface area contributed by atoms with Crippen LogP contribution in [0.1, 0.15) is 56.0 Å². The summed E-state index contributed by atoms with van der Waals surface area (Å²) < 4.78 is 0. The van der Waals surface area contributed by atoms with E-state index in [-0.39, 0.29) is 12.4 Å². The lowest BCUT2D eigenvalue weighted by atomic mass is 9.97. The average Bonchev–Trinajstić information content (AvgIpc) is 2.69. The van der Waals surface area contributed by atoms with Gasteiger partial charge in [-0.2, -0.15) is 0 Å². The number of carbonyl (C=O) groups is 1. The van der Waals surface area contributed by atoms with E-state index in [2.05, 4.69) is 34.6 Å². The van der Waals surface area contributed by atoms with Crippen LogP contribution in [0.15, 0.2) is 24.3 Å². The van der Waals surface area contributed by atoms with Gasteiger partial charge in [-0.3, -0.25) is 14.6 Å². The number of carbonyl (C=O) groups excluding carboxylic acids is 1. The Balaban J connectivity index is 1.59. The predicted molar refractivity (Wildman–Crippen MR) is 114 cm³/mol. The van der Waals surface area contributed by atoms with E-state index in [0.717, 1.165) is 38.2 Å². The molecule has 0 bridgehead atoms. The second kappa shape index (κ2) is 9.97. The van der Waals surface area contributed by atoms with Crippen molar-refractivity contribution in [3.05, 3.63) is 35.4 Å². The van der Waals surface area contributed by atoms with E-state index in [1.165, 1.54) is 31.5 Å². The molecule has 0 saturated carbocycles. The second-order valence-corrected chi connectivity index (χ2v) is 8.76. The van der Waals surface area contributed by atoms with Crippen LogP contribution in [0.3, 0.4) is 0 Å². The molecule has 1 N–H and O–H groups in total. The van der Waals surface area contributed by atoms with Crippen LogP contribution in [0.5, 0.6) is 0 Å². The minimum Gasteiger partial charge on any atom is -0.396 e. The van der Waals surface area contributed by atoms with Crippen molar-refractivity contribution >= 4 is 5.78 Å². The van der Waals surface area contributed by atoms with Crippen LogP contribution in [0.4, 0.5) is 0 Å². The number of hydrogen-bond donors (Lipinski definition) is 1. The minimum atomic E-state index is 0.123. The number of hydrogen-bond acceptors (Lipinski definition) is 5. The number of rotatable bonds is 7. The summed E-state index contributed by atoms with van der Waals surface area (Å²) in [7, 11) is 0. The Hall–Kier alpha value is -1.27. The van der Waals surface area contributed by atoms with Gasteiger partial charge >= 0.3 is 0 Å². The smallest absolute Gasteiger partial charge is 0.159 e. The fourth-order valence-corrected chi connectivity index (χ4v) is 4.84. The van der Waals surface area contributed by atoms with Crippen LogP contribution in [0.25, 0.3) is 0 Å². The molecule has 2 fully saturated rings. The molecule has 2 aliphatic heterocycles. The number of Topliss-reactive ketones (excluding diaryl/α,β-unsaturated/α-hetero) is 1. The Morgan fingerprint density at radius 3 is 2.57 bits per heavy atom. The van der Waals surface area contributed by atoms with Gasteiger partial charge < -0.3 is 10.0 Å². The summed E-state index contributed by atoms with van der Waals surface area (Å²) in [6.45, 7) is 12.8. The van der Waals surface area contributed by atoms with Crippen molar-refractivity contribution in [1.82, 2.24) is 14.7 Å². The summed E-state index contributed by atoms with van der Waals surface area (Å²) in [6, 6.07) is 9.72. The number of benzene rings is 1. The number of piperidine rings is 1. The predicted octanol–water partition coefficient (Wildman–Crippen LogP) is 2.63. The van der Waals surface area contributed by atoms with Gasteiger partial charge in [0, 0.05) is 56.5 Å². The van der Waals surface area contributed by atoms with Crippen molar-refractivity contribution in [3.63, 3.8) is 0 Å². The summed E-state index contributed by atoms with van der Waals surface area (Å²) >= 11 is 0. The summed E-state index contributed by atoms with van der Waals surface area (Å²) in [5.74, 6) is 0.123. The second-order valence-electron chi connectivity index (χ2n) is 8.76. The molecule has 3 rings (SSSR count). The maximum atomic E-state index is 11.7. The highest BCUT2D eigenvalue weighted by Crippen LogP contribution is 2.25. The zero-order valence-corrected chi connectivity index (χ0v) is 17.8. The molecule has 0 aromatic heterocycles. The SMILES string of the molecule is CC(=O)c1cccc(CN2CCN(C3CCN(C(C)C)CC3)[C@@H](CCO)C2)c1. The first kappa shape index (κ1) is 21.4. The van der Waals surface area contributed by atoms with Crippen molar-refractivity contribution < 1.29 is 9.90 Å². The maximum absolute atomic E-state index is 11.7. The molecule has 0 amide bonds. The molecule has 2 aliphatic rings. The van der Waals surface area contributed by atoms with Crippen LogP contribution in [0.2, 0.25) is 0 Å². The van der Waals surface area contributed by atoms with Crippen LogP contribution >= 0.6 is 0 Å². The quantitative estimate of drug-likeness (QED) is 0.729. The van der Waals surface area contributed by atoms with E-state index in [1.807, 2.05) is 18.2 Å². The fraction of sp³-hybridized carbons (Fsp3) is 0.696. The highest BCUT2D eigenvalue weighted by molar-refractivity contribution is 5.94. The van der Waals surface area contributed by atoms with Gasteiger partial charge in [0.25, 0.3) is 0 Å². The molecule has 0 aliphatic carbocycles. The van der Waals surface area contributed by atoms with Gasteiger partial charge in [-0.05, 0) is 64.8 Å². The number of ketones is 1. The lowest BCUT2D eigenvalue weighted by Gasteiger charge is -2.48. The van der Waals surface area contributed by atoms with Gasteiger partial charge in [0.15, 0.2) is 5.78 Å². The summed E-state index contributed by atoms with van der Waals surface area (Å²) in [4.78, 5) is 19.4. The first-order chi connectivity index (χ1) is 13.5. The van der Waals surface area contributed by atoms with E-state index in [0.29, 0.717) is 18.1 Å². The van der Waals surface area contributed by atoms with Crippen molar-refractivity contribution in [1.29, 1.82) is 0 Å². The molecule has 1 aromatic rings. The number of aliphatic hydroxyl groups is 1. The molecule has 5 nitrogen and oxygen atoms in total. The van der Waals surface area contributed by atoms with Crippen molar-refractivity contribution in [3.8, 4) is 0 Å². The zero-order valence-electron chi connectivity index (χ0n) is 17.8. The Kier molecular flexibility index (Phi) is 7.63. The topological polar surface area (TPSA) is 47.0 Å². The number of aliphatic hydroxyl groups excluding tert-OH is 1. The highest BCUT2D eigenvalue weighted by Gasteiger charge is 2.33. The lowest BCUT2D eigenvalue weighted by Crippen LogP contribution is -2.58. The third-order valence-electron chi connectivity index (χ3n) is 6.51. The first-order valence-corrected chi connectivity index (χ1v) is 10.9.